The maximum atomic E-state index is 12.8. The molecule has 0 aromatic carbocycles. The number of alkyl halides is 2. The highest BCUT2D eigenvalue weighted by atomic mass is 19.3. The summed E-state index contributed by atoms with van der Waals surface area (Å²) >= 11 is 0. The topological polar surface area (TPSA) is 21.3 Å². The van der Waals surface area contributed by atoms with E-state index in [4.69, 9.17) is 4.74 Å². The number of hydrogen-bond donors (Lipinski definition) is 1. The second kappa shape index (κ2) is 5.03. The second-order valence-electron chi connectivity index (χ2n) is 4.39. The standard InChI is InChI=1S/C10H21F2NO/c1-6-13-10(4,8(11)12)7-9(2,3)14-5/h8,13H,6-7H2,1-5H3. The molecule has 1 unspecified atom stereocenters. The van der Waals surface area contributed by atoms with E-state index in [1.807, 2.05) is 20.8 Å². The lowest BCUT2D eigenvalue weighted by molar-refractivity contribution is -0.0470. The Labute approximate surface area is 85.0 Å². The van der Waals surface area contributed by atoms with Crippen LogP contribution < -0.4 is 5.32 Å². The normalized spacial score (nSPS) is 17.1. The van der Waals surface area contributed by atoms with E-state index in [-0.39, 0.29) is 6.42 Å². The van der Waals surface area contributed by atoms with E-state index in [9.17, 15) is 8.78 Å². The summed E-state index contributed by atoms with van der Waals surface area (Å²) in [6.07, 6.45) is -2.11. The van der Waals surface area contributed by atoms with Gasteiger partial charge in [0.2, 0.25) is 0 Å². The lowest BCUT2D eigenvalue weighted by atomic mass is 9.88. The van der Waals surface area contributed by atoms with Crippen molar-refractivity contribution in [3.05, 3.63) is 0 Å². The second-order valence-corrected chi connectivity index (χ2v) is 4.39. The van der Waals surface area contributed by atoms with Gasteiger partial charge in [-0.1, -0.05) is 6.92 Å². The van der Waals surface area contributed by atoms with Gasteiger partial charge in [-0.2, -0.15) is 0 Å². The van der Waals surface area contributed by atoms with Crippen molar-refractivity contribution in [3.63, 3.8) is 0 Å². The van der Waals surface area contributed by atoms with Crippen LogP contribution in [-0.4, -0.2) is 31.2 Å². The van der Waals surface area contributed by atoms with Gasteiger partial charge in [0.15, 0.2) is 0 Å². The van der Waals surface area contributed by atoms with Crippen LogP contribution in [-0.2, 0) is 4.74 Å². The third-order valence-corrected chi connectivity index (χ3v) is 2.41. The third-order valence-electron chi connectivity index (χ3n) is 2.41. The Kier molecular flexibility index (Phi) is 4.95. The van der Waals surface area contributed by atoms with E-state index in [1.165, 1.54) is 14.0 Å². The molecule has 14 heavy (non-hydrogen) atoms. The number of nitrogens with one attached hydrogen (secondary N) is 1. The predicted molar refractivity (Wildman–Crippen MR) is 53.8 cm³/mol. The molecule has 0 spiro atoms. The van der Waals surface area contributed by atoms with Crippen molar-refractivity contribution in [2.75, 3.05) is 13.7 Å². The molecule has 0 aromatic rings. The zero-order valence-corrected chi connectivity index (χ0v) is 9.66. The van der Waals surface area contributed by atoms with Crippen molar-refractivity contribution in [2.24, 2.45) is 0 Å². The Morgan fingerprint density at radius 1 is 1.29 bits per heavy atom. The summed E-state index contributed by atoms with van der Waals surface area (Å²) < 4.78 is 30.8. The molecular weight excluding hydrogens is 188 g/mol. The van der Waals surface area contributed by atoms with Gasteiger partial charge in [-0.05, 0) is 33.7 Å². The van der Waals surface area contributed by atoms with Gasteiger partial charge in [-0.25, -0.2) is 8.78 Å². The van der Waals surface area contributed by atoms with Crippen LogP contribution in [0, 0.1) is 0 Å². The molecule has 0 aromatic heterocycles. The smallest absolute Gasteiger partial charge is 0.256 e. The molecule has 4 heteroatoms. The third kappa shape index (κ3) is 3.88. The summed E-state index contributed by atoms with van der Waals surface area (Å²) in [6.45, 7) is 7.50. The monoisotopic (exact) mass is 209 g/mol. The van der Waals surface area contributed by atoms with Gasteiger partial charge in [0.25, 0.3) is 6.43 Å². The van der Waals surface area contributed by atoms with Gasteiger partial charge in [-0.3, -0.25) is 0 Å². The number of ether oxygens (including phenoxy) is 1. The molecule has 1 N–H and O–H groups in total. The zero-order valence-electron chi connectivity index (χ0n) is 9.66. The molecule has 0 bridgehead atoms. The Morgan fingerprint density at radius 2 is 1.79 bits per heavy atom. The largest absolute Gasteiger partial charge is 0.379 e. The minimum Gasteiger partial charge on any atom is -0.379 e. The van der Waals surface area contributed by atoms with Gasteiger partial charge in [0, 0.05) is 7.11 Å². The summed E-state index contributed by atoms with van der Waals surface area (Å²) in [7, 11) is 1.54. The van der Waals surface area contributed by atoms with Crippen molar-refractivity contribution < 1.29 is 13.5 Å². The maximum Gasteiger partial charge on any atom is 0.256 e. The molecule has 0 aliphatic carbocycles. The van der Waals surface area contributed by atoms with Crippen LogP contribution in [0.3, 0.4) is 0 Å². The first-order valence-corrected chi connectivity index (χ1v) is 4.86. The van der Waals surface area contributed by atoms with Gasteiger partial charge in [-0.15, -0.1) is 0 Å². The van der Waals surface area contributed by atoms with Crippen LogP contribution in [0.2, 0.25) is 0 Å². The van der Waals surface area contributed by atoms with Gasteiger partial charge in [0.1, 0.15) is 0 Å². The summed E-state index contributed by atoms with van der Waals surface area (Å²) in [6, 6.07) is 0. The fraction of sp³-hybridized carbons (Fsp3) is 1.00. The van der Waals surface area contributed by atoms with Crippen molar-refractivity contribution >= 4 is 0 Å². The molecule has 1 atom stereocenters. The van der Waals surface area contributed by atoms with Crippen molar-refractivity contribution in [2.45, 2.75) is 51.7 Å². The summed E-state index contributed by atoms with van der Waals surface area (Å²) in [4.78, 5) is 0. The Morgan fingerprint density at radius 3 is 2.07 bits per heavy atom. The van der Waals surface area contributed by atoms with E-state index in [0.717, 1.165) is 0 Å². The van der Waals surface area contributed by atoms with E-state index in [2.05, 4.69) is 5.32 Å². The van der Waals surface area contributed by atoms with E-state index in [0.29, 0.717) is 6.54 Å². The highest BCUT2D eigenvalue weighted by Gasteiger charge is 2.39. The van der Waals surface area contributed by atoms with Crippen molar-refractivity contribution in [3.8, 4) is 0 Å². The Hall–Kier alpha value is -0.220. The minimum atomic E-state index is -2.39. The van der Waals surface area contributed by atoms with Crippen molar-refractivity contribution in [1.82, 2.24) is 5.32 Å². The maximum absolute atomic E-state index is 12.8. The average molecular weight is 209 g/mol. The van der Waals surface area contributed by atoms with Gasteiger partial charge < -0.3 is 10.1 Å². The molecule has 0 aliphatic rings. The molecular formula is C10H21F2NO. The van der Waals surface area contributed by atoms with Crippen LogP contribution in [0.25, 0.3) is 0 Å². The highest BCUT2D eigenvalue weighted by molar-refractivity contribution is 4.91. The lowest BCUT2D eigenvalue weighted by Crippen LogP contribution is -2.53. The van der Waals surface area contributed by atoms with E-state index >= 15 is 0 Å². The first-order valence-electron chi connectivity index (χ1n) is 4.86. The Bertz CT molecular complexity index is 174. The van der Waals surface area contributed by atoms with Crippen molar-refractivity contribution in [1.29, 1.82) is 0 Å². The average Bonchev–Trinajstić information content (AvgIpc) is 2.03. The van der Waals surface area contributed by atoms with Gasteiger partial charge >= 0.3 is 0 Å². The first-order chi connectivity index (χ1) is 6.27. The van der Waals surface area contributed by atoms with Crippen LogP contribution in [0.15, 0.2) is 0 Å². The molecule has 0 heterocycles. The fourth-order valence-electron chi connectivity index (χ4n) is 1.58. The lowest BCUT2D eigenvalue weighted by Gasteiger charge is -2.36. The SMILES string of the molecule is CCNC(C)(CC(C)(C)OC)C(F)F. The number of hydrogen-bond acceptors (Lipinski definition) is 2. The molecule has 86 valence electrons. The predicted octanol–water partition coefficient (Wildman–Crippen LogP) is 2.43. The van der Waals surface area contributed by atoms with Crippen LogP contribution in [0.4, 0.5) is 8.78 Å². The molecule has 0 fully saturated rings. The first kappa shape index (κ1) is 13.8. The van der Waals surface area contributed by atoms with Gasteiger partial charge in [0.05, 0.1) is 11.1 Å². The van der Waals surface area contributed by atoms with E-state index in [1.54, 1.807) is 0 Å². The molecule has 2 nitrogen and oxygen atoms in total. The summed E-state index contributed by atoms with van der Waals surface area (Å²) in [5, 5.41) is 2.82. The number of halogens is 2. The minimum absolute atomic E-state index is 0.280. The molecule has 0 rings (SSSR count). The summed E-state index contributed by atoms with van der Waals surface area (Å²) in [5.74, 6) is 0. The number of rotatable bonds is 6. The van der Waals surface area contributed by atoms with E-state index < -0.39 is 17.6 Å². The highest BCUT2D eigenvalue weighted by Crippen LogP contribution is 2.28. The molecule has 0 saturated heterocycles. The van der Waals surface area contributed by atoms with Crippen LogP contribution in [0.5, 0.6) is 0 Å². The fourth-order valence-corrected chi connectivity index (χ4v) is 1.58. The zero-order chi connectivity index (χ0) is 11.4. The Balaban J connectivity index is 4.51. The molecule has 0 saturated carbocycles. The molecule has 0 amide bonds. The van der Waals surface area contributed by atoms with Crippen LogP contribution in [0.1, 0.15) is 34.1 Å². The van der Waals surface area contributed by atoms with Crippen LogP contribution >= 0.6 is 0 Å². The quantitative estimate of drug-likeness (QED) is 0.725. The number of methoxy groups -OCH3 is 1. The molecule has 0 radical (unpaired) electrons. The molecule has 0 aliphatic heterocycles. The summed E-state index contributed by atoms with van der Waals surface area (Å²) in [5.41, 5.74) is -1.71.